The molecule has 0 saturated carbocycles. The molecule has 2 N–H and O–H groups in total. The minimum Gasteiger partial charge on any atom is -0.369 e. The zero-order chi connectivity index (χ0) is 15.5. The molecule has 1 aliphatic rings. The van der Waals surface area contributed by atoms with Crippen molar-refractivity contribution >= 4 is 5.69 Å². The third-order valence-electron chi connectivity index (χ3n) is 3.89. The van der Waals surface area contributed by atoms with Crippen LogP contribution >= 0.6 is 0 Å². The molecule has 21 heavy (non-hydrogen) atoms. The summed E-state index contributed by atoms with van der Waals surface area (Å²) in [6.07, 6.45) is -3.22. The van der Waals surface area contributed by atoms with Crippen molar-refractivity contribution in [1.29, 1.82) is 0 Å². The second-order valence-corrected chi connectivity index (χ2v) is 5.37. The number of rotatable bonds is 4. The lowest BCUT2D eigenvalue weighted by molar-refractivity contribution is -0.138. The zero-order valence-electron chi connectivity index (χ0n) is 12.3. The lowest BCUT2D eigenvalue weighted by atomic mass is 10.1. The number of halogens is 3. The molecule has 0 atom stereocenters. The SMILES string of the molecule is CCCN1CCN(c2ccc(C(F)(F)F)c(CN)c2)CC1. The van der Waals surface area contributed by atoms with Gasteiger partial charge in [-0.3, -0.25) is 4.90 Å². The molecule has 3 nitrogen and oxygen atoms in total. The van der Waals surface area contributed by atoms with Crippen LogP contribution in [0.3, 0.4) is 0 Å². The van der Waals surface area contributed by atoms with Crippen LogP contribution in [0, 0.1) is 0 Å². The monoisotopic (exact) mass is 301 g/mol. The molecule has 0 amide bonds. The fourth-order valence-corrected chi connectivity index (χ4v) is 2.77. The van der Waals surface area contributed by atoms with E-state index in [1.807, 2.05) is 0 Å². The molecule has 1 aromatic carbocycles. The topological polar surface area (TPSA) is 32.5 Å². The molecule has 0 aliphatic carbocycles. The highest BCUT2D eigenvalue weighted by Gasteiger charge is 2.33. The van der Waals surface area contributed by atoms with Gasteiger partial charge in [0.2, 0.25) is 0 Å². The van der Waals surface area contributed by atoms with Crippen molar-refractivity contribution in [2.24, 2.45) is 5.73 Å². The largest absolute Gasteiger partial charge is 0.416 e. The predicted octanol–water partition coefficient (Wildman–Crippen LogP) is 2.70. The summed E-state index contributed by atoms with van der Waals surface area (Å²) in [6.45, 7) is 6.72. The summed E-state index contributed by atoms with van der Waals surface area (Å²) in [5.41, 5.74) is 5.85. The van der Waals surface area contributed by atoms with Crippen molar-refractivity contribution in [2.45, 2.75) is 26.1 Å². The molecular weight excluding hydrogens is 279 g/mol. The van der Waals surface area contributed by atoms with Crippen molar-refractivity contribution in [3.05, 3.63) is 29.3 Å². The van der Waals surface area contributed by atoms with Gasteiger partial charge >= 0.3 is 6.18 Å². The molecule has 1 fully saturated rings. The molecule has 1 saturated heterocycles. The van der Waals surface area contributed by atoms with Gasteiger partial charge in [-0.1, -0.05) is 6.92 Å². The Hall–Kier alpha value is -1.27. The first-order chi connectivity index (χ1) is 9.95. The maximum Gasteiger partial charge on any atom is 0.416 e. The highest BCUT2D eigenvalue weighted by Crippen LogP contribution is 2.34. The van der Waals surface area contributed by atoms with E-state index in [-0.39, 0.29) is 12.1 Å². The molecule has 0 unspecified atom stereocenters. The van der Waals surface area contributed by atoms with Crippen molar-refractivity contribution < 1.29 is 13.2 Å². The lowest BCUT2D eigenvalue weighted by Gasteiger charge is -2.36. The molecule has 1 aliphatic heterocycles. The summed E-state index contributed by atoms with van der Waals surface area (Å²) < 4.78 is 38.6. The predicted molar refractivity (Wildman–Crippen MR) is 78.3 cm³/mol. The summed E-state index contributed by atoms with van der Waals surface area (Å²) >= 11 is 0. The van der Waals surface area contributed by atoms with Crippen LogP contribution in [0.4, 0.5) is 18.9 Å². The van der Waals surface area contributed by atoms with Gasteiger partial charge in [-0.05, 0) is 36.7 Å². The van der Waals surface area contributed by atoms with Gasteiger partial charge in [0.05, 0.1) is 5.56 Å². The van der Waals surface area contributed by atoms with Crippen LogP contribution in [-0.2, 0) is 12.7 Å². The van der Waals surface area contributed by atoms with Gasteiger partial charge in [0.25, 0.3) is 0 Å². The fourth-order valence-electron chi connectivity index (χ4n) is 2.77. The first-order valence-electron chi connectivity index (χ1n) is 7.33. The molecule has 6 heteroatoms. The summed E-state index contributed by atoms with van der Waals surface area (Å²) in [4.78, 5) is 4.51. The van der Waals surface area contributed by atoms with E-state index in [1.165, 1.54) is 0 Å². The average molecular weight is 301 g/mol. The fraction of sp³-hybridized carbons (Fsp3) is 0.600. The van der Waals surface area contributed by atoms with Gasteiger partial charge < -0.3 is 10.6 Å². The number of benzene rings is 1. The summed E-state index contributed by atoms with van der Waals surface area (Å²) in [5.74, 6) is 0. The Morgan fingerprint density at radius 2 is 1.81 bits per heavy atom. The van der Waals surface area contributed by atoms with E-state index in [0.29, 0.717) is 0 Å². The number of piperazine rings is 1. The number of nitrogens with two attached hydrogens (primary N) is 1. The number of alkyl halides is 3. The van der Waals surface area contributed by atoms with Gasteiger partial charge in [-0.15, -0.1) is 0 Å². The Morgan fingerprint density at radius 3 is 2.33 bits per heavy atom. The standard InChI is InChI=1S/C15H22F3N3/c1-2-5-20-6-8-21(9-7-20)13-3-4-14(15(16,17)18)12(10-13)11-19/h3-4,10H,2,5-9,11,19H2,1H3. The van der Waals surface area contributed by atoms with Crippen LogP contribution in [0.2, 0.25) is 0 Å². The van der Waals surface area contributed by atoms with Crippen LogP contribution in [0.5, 0.6) is 0 Å². The summed E-state index contributed by atoms with van der Waals surface area (Å²) in [5, 5.41) is 0. The quantitative estimate of drug-likeness (QED) is 0.928. The highest BCUT2D eigenvalue weighted by atomic mass is 19.4. The van der Waals surface area contributed by atoms with E-state index in [4.69, 9.17) is 5.73 Å². The summed E-state index contributed by atoms with van der Waals surface area (Å²) in [7, 11) is 0. The first-order valence-corrected chi connectivity index (χ1v) is 7.33. The lowest BCUT2D eigenvalue weighted by Crippen LogP contribution is -2.46. The van der Waals surface area contributed by atoms with E-state index < -0.39 is 11.7 Å². The summed E-state index contributed by atoms with van der Waals surface area (Å²) in [6, 6.07) is 4.28. The number of hydrogen-bond donors (Lipinski definition) is 1. The van der Waals surface area contributed by atoms with Crippen LogP contribution in [0.1, 0.15) is 24.5 Å². The number of anilines is 1. The Labute approximate surface area is 123 Å². The molecule has 0 bridgehead atoms. The maximum absolute atomic E-state index is 12.9. The third kappa shape index (κ3) is 3.89. The van der Waals surface area contributed by atoms with Crippen molar-refractivity contribution in [2.75, 3.05) is 37.6 Å². The minimum absolute atomic E-state index is 0.0987. The van der Waals surface area contributed by atoms with Gasteiger partial charge in [0.15, 0.2) is 0 Å². The molecule has 1 heterocycles. The van der Waals surface area contributed by atoms with Crippen molar-refractivity contribution in [1.82, 2.24) is 4.90 Å². The number of hydrogen-bond acceptors (Lipinski definition) is 3. The van der Waals surface area contributed by atoms with Gasteiger partial charge in [0, 0.05) is 38.4 Å². The van der Waals surface area contributed by atoms with Crippen LogP contribution in [0.15, 0.2) is 18.2 Å². The van der Waals surface area contributed by atoms with Crippen LogP contribution in [0.25, 0.3) is 0 Å². The second kappa shape index (κ2) is 6.66. The van der Waals surface area contributed by atoms with E-state index in [9.17, 15) is 13.2 Å². The molecule has 0 aromatic heterocycles. The molecular formula is C15H22F3N3. The first kappa shape index (κ1) is 16.1. The Bertz CT molecular complexity index is 466. The normalized spacial score (nSPS) is 17.3. The molecule has 0 spiro atoms. The number of nitrogens with zero attached hydrogens (tertiary/aromatic N) is 2. The molecule has 118 valence electrons. The maximum atomic E-state index is 12.9. The van der Waals surface area contributed by atoms with Gasteiger partial charge in [-0.2, -0.15) is 13.2 Å². The van der Waals surface area contributed by atoms with Gasteiger partial charge in [-0.25, -0.2) is 0 Å². The van der Waals surface area contributed by atoms with Crippen molar-refractivity contribution in [3.63, 3.8) is 0 Å². The van der Waals surface area contributed by atoms with E-state index >= 15 is 0 Å². The van der Waals surface area contributed by atoms with E-state index in [2.05, 4.69) is 16.7 Å². The molecule has 2 rings (SSSR count). The van der Waals surface area contributed by atoms with Crippen LogP contribution < -0.4 is 10.6 Å². The minimum atomic E-state index is -4.34. The smallest absolute Gasteiger partial charge is 0.369 e. The van der Waals surface area contributed by atoms with Crippen molar-refractivity contribution in [3.8, 4) is 0 Å². The van der Waals surface area contributed by atoms with E-state index in [1.54, 1.807) is 12.1 Å². The van der Waals surface area contributed by atoms with E-state index in [0.717, 1.165) is 50.9 Å². The van der Waals surface area contributed by atoms with Gasteiger partial charge in [0.1, 0.15) is 0 Å². The second-order valence-electron chi connectivity index (χ2n) is 5.37. The highest BCUT2D eigenvalue weighted by molar-refractivity contribution is 5.52. The van der Waals surface area contributed by atoms with Crippen LogP contribution in [-0.4, -0.2) is 37.6 Å². The Balaban J connectivity index is 2.12. The molecule has 0 radical (unpaired) electrons. The average Bonchev–Trinajstić information content (AvgIpc) is 2.47. The third-order valence-corrected chi connectivity index (χ3v) is 3.89. The Kier molecular flexibility index (Phi) is 5.11. The Morgan fingerprint density at radius 1 is 1.14 bits per heavy atom. The zero-order valence-corrected chi connectivity index (χ0v) is 12.3. The molecule has 1 aromatic rings.